The van der Waals surface area contributed by atoms with E-state index in [1.54, 1.807) is 11.1 Å². The van der Waals surface area contributed by atoms with Crippen molar-refractivity contribution in [2.24, 2.45) is 10.9 Å². The van der Waals surface area contributed by atoms with Crippen LogP contribution in [0.1, 0.15) is 39.0 Å². The van der Waals surface area contributed by atoms with Gasteiger partial charge < -0.3 is 10.6 Å². The van der Waals surface area contributed by atoms with Gasteiger partial charge in [0.2, 0.25) is 0 Å². The van der Waals surface area contributed by atoms with Crippen molar-refractivity contribution in [2.45, 2.75) is 51.1 Å². The zero-order chi connectivity index (χ0) is 14.2. The molecule has 0 aromatic carbocycles. The Balaban J connectivity index is 1.52. The predicted octanol–water partition coefficient (Wildman–Crippen LogP) is 2.72. The fraction of sp³-hybridized carbons (Fsp3) is 0.611. The molecule has 112 valence electrons. The Hall–Kier alpha value is -1.19. The summed E-state index contributed by atoms with van der Waals surface area (Å²) in [6, 6.07) is 1.07. The maximum absolute atomic E-state index is 4.51. The molecule has 4 aliphatic rings. The average Bonchev–Trinajstić information content (AvgIpc) is 2.44. The highest BCUT2D eigenvalue weighted by molar-refractivity contribution is 5.91. The lowest BCUT2D eigenvalue weighted by molar-refractivity contribution is 0.335. The van der Waals surface area contributed by atoms with E-state index in [-0.39, 0.29) is 0 Å². The van der Waals surface area contributed by atoms with Crippen LogP contribution in [0.3, 0.4) is 0 Å². The van der Waals surface area contributed by atoms with Crippen LogP contribution < -0.4 is 10.6 Å². The Kier molecular flexibility index (Phi) is 3.56. The summed E-state index contributed by atoms with van der Waals surface area (Å²) in [5.41, 5.74) is 5.94. The van der Waals surface area contributed by atoms with E-state index in [1.165, 1.54) is 37.0 Å². The molecule has 2 heterocycles. The van der Waals surface area contributed by atoms with Gasteiger partial charge in [-0.15, -0.1) is 0 Å². The Morgan fingerprint density at radius 1 is 1.38 bits per heavy atom. The number of nitrogens with one attached hydrogen (secondary N) is 2. The van der Waals surface area contributed by atoms with E-state index in [0.717, 1.165) is 19.5 Å². The van der Waals surface area contributed by atoms with Crippen molar-refractivity contribution in [2.75, 3.05) is 13.1 Å². The first-order valence-corrected chi connectivity index (χ1v) is 8.48. The quantitative estimate of drug-likeness (QED) is 0.778. The van der Waals surface area contributed by atoms with Crippen LogP contribution in [0.2, 0.25) is 0 Å². The molecule has 2 aliphatic carbocycles. The molecule has 4 rings (SSSR count). The second kappa shape index (κ2) is 5.54. The third kappa shape index (κ3) is 2.53. The Labute approximate surface area is 127 Å². The molecular formula is C18H25N3. The summed E-state index contributed by atoms with van der Waals surface area (Å²) in [5, 5.41) is 7.13. The van der Waals surface area contributed by atoms with Crippen molar-refractivity contribution < 1.29 is 0 Å². The second-order valence-electron chi connectivity index (χ2n) is 6.77. The molecule has 0 saturated carbocycles. The summed E-state index contributed by atoms with van der Waals surface area (Å²) in [6.45, 7) is 4.49. The van der Waals surface area contributed by atoms with Crippen LogP contribution in [-0.4, -0.2) is 31.4 Å². The lowest BCUT2D eigenvalue weighted by atomic mass is 9.78. The van der Waals surface area contributed by atoms with Crippen LogP contribution in [0, 0.1) is 5.92 Å². The van der Waals surface area contributed by atoms with Crippen LogP contribution in [0.15, 0.2) is 39.6 Å². The summed E-state index contributed by atoms with van der Waals surface area (Å²) in [4.78, 5) is 4.51. The van der Waals surface area contributed by atoms with Gasteiger partial charge in [0.15, 0.2) is 0 Å². The molecule has 21 heavy (non-hydrogen) atoms. The normalized spacial score (nSPS) is 32.0. The Morgan fingerprint density at radius 2 is 2.29 bits per heavy atom. The highest BCUT2D eigenvalue weighted by atomic mass is 15.1. The first-order chi connectivity index (χ1) is 10.3. The number of hydrogen-bond acceptors (Lipinski definition) is 3. The monoisotopic (exact) mass is 283 g/mol. The van der Waals surface area contributed by atoms with Crippen molar-refractivity contribution in [3.8, 4) is 0 Å². The SMILES string of the molecule is CCC1=CC(C2=CC3=C(N=C3)C(NC3CNC3)C2)CCC1. The summed E-state index contributed by atoms with van der Waals surface area (Å²) >= 11 is 0. The molecule has 1 saturated heterocycles. The first-order valence-electron chi connectivity index (χ1n) is 8.48. The van der Waals surface area contributed by atoms with E-state index in [0.29, 0.717) is 18.0 Å². The van der Waals surface area contributed by atoms with Gasteiger partial charge in [-0.05, 0) is 38.0 Å². The molecule has 2 aliphatic heterocycles. The van der Waals surface area contributed by atoms with Gasteiger partial charge in [0, 0.05) is 30.9 Å². The second-order valence-corrected chi connectivity index (χ2v) is 6.77. The zero-order valence-electron chi connectivity index (χ0n) is 12.9. The lowest BCUT2D eigenvalue weighted by Gasteiger charge is -2.38. The van der Waals surface area contributed by atoms with Crippen LogP contribution in [0.25, 0.3) is 0 Å². The highest BCUT2D eigenvalue weighted by Crippen LogP contribution is 2.38. The Morgan fingerprint density at radius 3 is 2.95 bits per heavy atom. The van der Waals surface area contributed by atoms with Crippen LogP contribution in [-0.2, 0) is 0 Å². The number of nitrogens with zero attached hydrogens (tertiary/aromatic N) is 1. The molecule has 0 bridgehead atoms. The van der Waals surface area contributed by atoms with Crippen LogP contribution in [0.4, 0.5) is 0 Å². The maximum atomic E-state index is 4.51. The van der Waals surface area contributed by atoms with E-state index < -0.39 is 0 Å². The van der Waals surface area contributed by atoms with Crippen LogP contribution in [0.5, 0.6) is 0 Å². The van der Waals surface area contributed by atoms with Gasteiger partial charge in [0.25, 0.3) is 0 Å². The van der Waals surface area contributed by atoms with Crippen molar-refractivity contribution in [3.63, 3.8) is 0 Å². The predicted molar refractivity (Wildman–Crippen MR) is 87.5 cm³/mol. The summed E-state index contributed by atoms with van der Waals surface area (Å²) in [5.74, 6) is 0.667. The molecule has 0 radical (unpaired) electrons. The summed E-state index contributed by atoms with van der Waals surface area (Å²) < 4.78 is 0. The van der Waals surface area contributed by atoms with Crippen molar-refractivity contribution >= 4 is 6.21 Å². The minimum absolute atomic E-state index is 0.442. The molecule has 2 N–H and O–H groups in total. The number of aliphatic imine (C=N–C) groups is 1. The molecule has 0 aromatic rings. The smallest absolute Gasteiger partial charge is 0.0664 e. The minimum atomic E-state index is 0.442. The number of rotatable bonds is 4. The van der Waals surface area contributed by atoms with Gasteiger partial charge in [0.1, 0.15) is 0 Å². The molecule has 0 aromatic heterocycles. The van der Waals surface area contributed by atoms with Crippen molar-refractivity contribution in [1.82, 2.24) is 10.6 Å². The highest BCUT2D eigenvalue weighted by Gasteiger charge is 2.32. The third-order valence-electron chi connectivity index (χ3n) is 5.35. The topological polar surface area (TPSA) is 36.4 Å². The largest absolute Gasteiger partial charge is 0.314 e. The molecule has 2 unspecified atom stereocenters. The molecule has 1 fully saturated rings. The van der Waals surface area contributed by atoms with E-state index in [1.807, 2.05) is 6.21 Å². The molecular weight excluding hydrogens is 258 g/mol. The molecule has 3 heteroatoms. The molecule has 3 nitrogen and oxygen atoms in total. The standard InChI is InChI=1S/C18H25N3/c1-2-12-4-3-5-13(6-12)14-7-15-9-20-18(15)17(8-14)21-16-10-19-11-16/h6-7,9,13,16-17,19,21H,2-5,8,10-11H2,1H3. The van der Waals surface area contributed by atoms with Gasteiger partial charge in [-0.3, -0.25) is 4.99 Å². The van der Waals surface area contributed by atoms with E-state index in [2.05, 4.69) is 34.7 Å². The van der Waals surface area contributed by atoms with Gasteiger partial charge in [-0.2, -0.15) is 0 Å². The van der Waals surface area contributed by atoms with E-state index in [9.17, 15) is 0 Å². The van der Waals surface area contributed by atoms with E-state index >= 15 is 0 Å². The third-order valence-corrected chi connectivity index (χ3v) is 5.35. The van der Waals surface area contributed by atoms with Crippen molar-refractivity contribution in [3.05, 3.63) is 34.6 Å². The van der Waals surface area contributed by atoms with E-state index in [4.69, 9.17) is 0 Å². The first kappa shape index (κ1) is 13.5. The zero-order valence-corrected chi connectivity index (χ0v) is 12.9. The van der Waals surface area contributed by atoms with Gasteiger partial charge in [-0.1, -0.05) is 30.2 Å². The van der Waals surface area contributed by atoms with Gasteiger partial charge in [0.05, 0.1) is 11.7 Å². The van der Waals surface area contributed by atoms with Crippen molar-refractivity contribution in [1.29, 1.82) is 0 Å². The lowest BCUT2D eigenvalue weighted by Crippen LogP contribution is -2.58. The molecule has 2 atom stereocenters. The summed E-state index contributed by atoms with van der Waals surface area (Å²) in [7, 11) is 0. The molecule has 0 amide bonds. The average molecular weight is 283 g/mol. The number of allylic oxidation sites excluding steroid dienone is 4. The van der Waals surface area contributed by atoms with Crippen LogP contribution >= 0.6 is 0 Å². The Bertz CT molecular complexity index is 549. The number of hydrogen-bond donors (Lipinski definition) is 2. The minimum Gasteiger partial charge on any atom is -0.314 e. The van der Waals surface area contributed by atoms with Gasteiger partial charge >= 0.3 is 0 Å². The van der Waals surface area contributed by atoms with Gasteiger partial charge in [-0.25, -0.2) is 0 Å². The summed E-state index contributed by atoms with van der Waals surface area (Å²) in [6.07, 6.45) is 13.4. The fourth-order valence-corrected chi connectivity index (χ4v) is 3.88. The fourth-order valence-electron chi connectivity index (χ4n) is 3.88. The molecule has 0 spiro atoms. The maximum Gasteiger partial charge on any atom is 0.0664 e.